The average Bonchev–Trinajstić information content (AvgIpc) is 3.09. The molecule has 0 saturated heterocycles. The Morgan fingerprint density at radius 3 is 2.70 bits per heavy atom. The van der Waals surface area contributed by atoms with Gasteiger partial charge in [0.15, 0.2) is 0 Å². The van der Waals surface area contributed by atoms with Gasteiger partial charge in [0.05, 0.1) is 17.4 Å². The lowest BCUT2D eigenvalue weighted by atomic mass is 10.2. The first-order chi connectivity index (χ1) is 11.1. The third-order valence-corrected chi connectivity index (χ3v) is 4.05. The van der Waals surface area contributed by atoms with Gasteiger partial charge in [-0.15, -0.1) is 11.3 Å². The van der Waals surface area contributed by atoms with Gasteiger partial charge in [-0.05, 0) is 30.0 Å². The summed E-state index contributed by atoms with van der Waals surface area (Å²) in [6, 6.07) is 12.0. The lowest BCUT2D eigenvalue weighted by Crippen LogP contribution is -2.36. The lowest BCUT2D eigenvalue weighted by Gasteiger charge is -2.10. The van der Waals surface area contributed by atoms with Gasteiger partial charge in [-0.3, -0.25) is 9.59 Å². The number of aliphatic hydroxyl groups excluding tert-OH is 1. The van der Waals surface area contributed by atoms with Crippen LogP contribution in [-0.4, -0.2) is 23.5 Å². The highest BCUT2D eigenvalue weighted by atomic mass is 32.1. The third kappa shape index (κ3) is 4.64. The number of benzene rings is 1. The number of anilines is 1. The summed E-state index contributed by atoms with van der Waals surface area (Å²) in [5.41, 5.74) is 0.565. The zero-order chi connectivity index (χ0) is 16.7. The lowest BCUT2D eigenvalue weighted by molar-refractivity contribution is -0.136. The Morgan fingerprint density at radius 1 is 1.22 bits per heavy atom. The number of nitriles is 1. The number of amides is 2. The second kappa shape index (κ2) is 8.08. The molecule has 118 valence electrons. The Bertz CT molecular complexity index is 722. The van der Waals surface area contributed by atoms with E-state index in [4.69, 9.17) is 5.26 Å². The van der Waals surface area contributed by atoms with Gasteiger partial charge in [0, 0.05) is 11.4 Å². The Kier molecular flexibility index (Phi) is 5.86. The van der Waals surface area contributed by atoms with Crippen LogP contribution < -0.4 is 10.6 Å². The minimum atomic E-state index is -0.849. The highest BCUT2D eigenvalue weighted by molar-refractivity contribution is 7.10. The Morgan fingerprint density at radius 2 is 2.00 bits per heavy atom. The highest BCUT2D eigenvalue weighted by Crippen LogP contribution is 2.20. The summed E-state index contributed by atoms with van der Waals surface area (Å²) < 4.78 is 0. The summed E-state index contributed by atoms with van der Waals surface area (Å²) in [6.45, 7) is 0.172. The minimum absolute atomic E-state index is 0.172. The van der Waals surface area contributed by atoms with E-state index in [1.54, 1.807) is 24.3 Å². The van der Waals surface area contributed by atoms with Crippen LogP contribution >= 0.6 is 11.3 Å². The molecule has 0 aliphatic heterocycles. The van der Waals surface area contributed by atoms with Crippen LogP contribution in [0.2, 0.25) is 0 Å². The third-order valence-electron chi connectivity index (χ3n) is 3.08. The van der Waals surface area contributed by atoms with Crippen molar-refractivity contribution in [3.63, 3.8) is 0 Å². The average molecular weight is 329 g/mol. The van der Waals surface area contributed by atoms with Crippen LogP contribution in [0.15, 0.2) is 41.8 Å². The number of thiophene rings is 1. The van der Waals surface area contributed by atoms with Crippen molar-refractivity contribution in [3.05, 3.63) is 52.2 Å². The molecule has 0 aliphatic carbocycles. The van der Waals surface area contributed by atoms with E-state index in [2.05, 4.69) is 10.6 Å². The fraction of sp³-hybridized carbons (Fsp3) is 0.188. The molecule has 7 heteroatoms. The fourth-order valence-corrected chi connectivity index (χ4v) is 2.64. The van der Waals surface area contributed by atoms with Gasteiger partial charge in [0.1, 0.15) is 6.07 Å². The quantitative estimate of drug-likeness (QED) is 0.728. The number of aliphatic hydroxyl groups is 1. The van der Waals surface area contributed by atoms with Crippen molar-refractivity contribution in [2.45, 2.75) is 12.5 Å². The van der Waals surface area contributed by atoms with Gasteiger partial charge < -0.3 is 15.7 Å². The zero-order valence-electron chi connectivity index (χ0n) is 12.2. The molecule has 0 radical (unpaired) electrons. The molecular weight excluding hydrogens is 314 g/mol. The summed E-state index contributed by atoms with van der Waals surface area (Å²) in [6.07, 6.45) is -0.355. The molecule has 3 N–H and O–H groups in total. The number of nitrogens with zero attached hydrogens (tertiary/aromatic N) is 1. The van der Waals surface area contributed by atoms with Crippen molar-refractivity contribution in [3.8, 4) is 6.07 Å². The molecule has 2 amide bonds. The second-order valence-electron chi connectivity index (χ2n) is 4.69. The van der Waals surface area contributed by atoms with Crippen molar-refractivity contribution >= 4 is 28.8 Å². The van der Waals surface area contributed by atoms with Crippen LogP contribution in [-0.2, 0) is 9.59 Å². The molecule has 1 aromatic carbocycles. The number of rotatable bonds is 5. The van der Waals surface area contributed by atoms with Crippen LogP contribution in [0.25, 0.3) is 0 Å². The van der Waals surface area contributed by atoms with E-state index in [1.807, 2.05) is 23.6 Å². The van der Waals surface area contributed by atoms with Gasteiger partial charge in [-0.25, -0.2) is 0 Å². The Hall–Kier alpha value is -2.69. The molecule has 0 saturated carbocycles. The largest absolute Gasteiger partial charge is 0.388 e. The van der Waals surface area contributed by atoms with Crippen LogP contribution in [0.3, 0.4) is 0 Å². The van der Waals surface area contributed by atoms with Crippen LogP contribution in [0.1, 0.15) is 23.0 Å². The first-order valence-electron chi connectivity index (χ1n) is 6.91. The summed E-state index contributed by atoms with van der Waals surface area (Å²) in [5.74, 6) is -1.66. The number of nitrogens with one attached hydrogen (secondary N) is 2. The molecule has 0 unspecified atom stereocenters. The molecular formula is C16H15N3O3S. The first kappa shape index (κ1) is 16.7. The standard InChI is InChI=1S/C16H15N3O3S/c17-10-11-4-1-2-5-12(11)19-16(22)15(21)18-8-7-13(20)14-6-3-9-23-14/h1-6,9,13,20H,7-8H2,(H,18,21)(H,19,22)/t13-/m1/s1. The van der Waals surface area contributed by atoms with Crippen LogP contribution in [0.4, 0.5) is 5.69 Å². The van der Waals surface area contributed by atoms with Crippen molar-refractivity contribution < 1.29 is 14.7 Å². The first-order valence-corrected chi connectivity index (χ1v) is 7.79. The van der Waals surface area contributed by atoms with Gasteiger partial charge in [0.2, 0.25) is 0 Å². The minimum Gasteiger partial charge on any atom is -0.388 e. The normalized spacial score (nSPS) is 11.3. The van der Waals surface area contributed by atoms with Crippen molar-refractivity contribution in [2.24, 2.45) is 0 Å². The number of carbonyl (C=O) groups excluding carboxylic acids is 2. The van der Waals surface area contributed by atoms with Crippen molar-refractivity contribution in [1.82, 2.24) is 5.32 Å². The maximum absolute atomic E-state index is 11.8. The number of carbonyl (C=O) groups is 2. The SMILES string of the molecule is N#Cc1ccccc1NC(=O)C(=O)NCC[C@@H](O)c1cccs1. The molecule has 1 heterocycles. The zero-order valence-corrected chi connectivity index (χ0v) is 13.0. The van der Waals surface area contributed by atoms with Crippen molar-refractivity contribution in [2.75, 3.05) is 11.9 Å². The van der Waals surface area contributed by atoms with Crippen LogP contribution in [0, 0.1) is 11.3 Å². The van der Waals surface area contributed by atoms with Gasteiger partial charge >= 0.3 is 11.8 Å². The Labute approximate surface area is 137 Å². The number of para-hydroxylation sites is 1. The maximum Gasteiger partial charge on any atom is 0.313 e. The summed E-state index contributed by atoms with van der Waals surface area (Å²) in [4.78, 5) is 24.3. The number of hydrogen-bond donors (Lipinski definition) is 3. The molecule has 1 aromatic heterocycles. The second-order valence-corrected chi connectivity index (χ2v) is 5.67. The van der Waals surface area contributed by atoms with E-state index in [0.29, 0.717) is 6.42 Å². The van der Waals surface area contributed by atoms with E-state index in [-0.39, 0.29) is 17.8 Å². The molecule has 6 nitrogen and oxygen atoms in total. The van der Waals surface area contributed by atoms with Gasteiger partial charge in [-0.1, -0.05) is 18.2 Å². The number of hydrogen-bond acceptors (Lipinski definition) is 5. The van der Waals surface area contributed by atoms with Gasteiger partial charge in [0.25, 0.3) is 0 Å². The summed E-state index contributed by atoms with van der Waals surface area (Å²) >= 11 is 1.43. The summed E-state index contributed by atoms with van der Waals surface area (Å²) in [7, 11) is 0. The molecule has 1 atom stereocenters. The molecule has 23 heavy (non-hydrogen) atoms. The molecule has 0 fully saturated rings. The van der Waals surface area contributed by atoms with Gasteiger partial charge in [-0.2, -0.15) is 5.26 Å². The van der Waals surface area contributed by atoms with E-state index >= 15 is 0 Å². The van der Waals surface area contributed by atoms with Crippen molar-refractivity contribution in [1.29, 1.82) is 5.26 Å². The van der Waals surface area contributed by atoms with Crippen LogP contribution in [0.5, 0.6) is 0 Å². The highest BCUT2D eigenvalue weighted by Gasteiger charge is 2.16. The topological polar surface area (TPSA) is 102 Å². The molecule has 0 spiro atoms. The van der Waals surface area contributed by atoms with E-state index in [1.165, 1.54) is 11.3 Å². The smallest absolute Gasteiger partial charge is 0.313 e. The molecule has 2 rings (SSSR count). The molecule has 2 aromatic rings. The fourth-order valence-electron chi connectivity index (χ4n) is 1.89. The predicted octanol–water partition coefficient (Wildman–Crippen LogP) is 1.80. The molecule has 0 bridgehead atoms. The summed E-state index contributed by atoms with van der Waals surface area (Å²) in [5, 5.41) is 25.5. The molecule has 0 aliphatic rings. The van der Waals surface area contributed by atoms with E-state index in [0.717, 1.165) is 4.88 Å². The maximum atomic E-state index is 11.8. The Balaban J connectivity index is 1.81. The van der Waals surface area contributed by atoms with E-state index in [9.17, 15) is 14.7 Å². The predicted molar refractivity (Wildman–Crippen MR) is 86.7 cm³/mol. The van der Waals surface area contributed by atoms with E-state index < -0.39 is 17.9 Å². The monoisotopic (exact) mass is 329 g/mol.